The highest BCUT2D eigenvalue weighted by atomic mass is 16.6. The molecule has 3 fully saturated rings. The highest BCUT2D eigenvalue weighted by Crippen LogP contribution is 2.68. The van der Waals surface area contributed by atoms with Crippen molar-refractivity contribution in [3.05, 3.63) is 59.7 Å². The maximum absolute atomic E-state index is 14.0. The fraction of sp³-hybridized carbons (Fsp3) is 0.576. The van der Waals surface area contributed by atoms with Gasteiger partial charge in [0.05, 0.1) is 12.5 Å². The maximum Gasteiger partial charge on any atom is 0.310 e. The monoisotopic (exact) mass is 548 g/mol. The molecule has 7 atom stereocenters. The Morgan fingerprint density at radius 1 is 1.07 bits per heavy atom. The van der Waals surface area contributed by atoms with Gasteiger partial charge in [0.2, 0.25) is 5.78 Å². The van der Waals surface area contributed by atoms with Crippen LogP contribution in [-0.2, 0) is 35.1 Å². The van der Waals surface area contributed by atoms with Crippen LogP contribution in [0, 0.1) is 28.6 Å². The Kier molecular flexibility index (Phi) is 7.64. The number of ether oxygens (including phenoxy) is 2. The zero-order valence-electron chi connectivity index (χ0n) is 23.7. The first kappa shape index (κ1) is 28.5. The van der Waals surface area contributed by atoms with Crippen molar-refractivity contribution in [2.45, 2.75) is 83.8 Å². The third-order valence-electron chi connectivity index (χ3n) is 10.4. The summed E-state index contributed by atoms with van der Waals surface area (Å²) < 4.78 is 11.6. The van der Waals surface area contributed by atoms with Crippen LogP contribution in [0.1, 0.15) is 71.3 Å². The van der Waals surface area contributed by atoms with Crippen LogP contribution in [0.2, 0.25) is 0 Å². The number of benzene rings is 1. The van der Waals surface area contributed by atoms with Crippen molar-refractivity contribution in [3.63, 3.8) is 0 Å². The second kappa shape index (κ2) is 10.7. The first-order valence-corrected chi connectivity index (χ1v) is 14.6. The van der Waals surface area contributed by atoms with E-state index in [1.807, 2.05) is 50.3 Å². The maximum atomic E-state index is 14.0. The van der Waals surface area contributed by atoms with Gasteiger partial charge in [0.15, 0.2) is 18.0 Å². The average molecular weight is 549 g/mol. The molecule has 214 valence electrons. The highest BCUT2D eigenvalue weighted by molar-refractivity contribution is 6.01. The van der Waals surface area contributed by atoms with Crippen LogP contribution in [0.4, 0.5) is 0 Å². The van der Waals surface area contributed by atoms with Crippen molar-refractivity contribution in [2.75, 3.05) is 6.61 Å². The Morgan fingerprint density at radius 3 is 2.55 bits per heavy atom. The molecule has 40 heavy (non-hydrogen) atoms. The fourth-order valence-corrected chi connectivity index (χ4v) is 8.52. The molecule has 0 aromatic heterocycles. The van der Waals surface area contributed by atoms with Crippen LogP contribution in [-0.4, -0.2) is 46.9 Å². The van der Waals surface area contributed by atoms with Gasteiger partial charge in [0, 0.05) is 23.2 Å². The van der Waals surface area contributed by atoms with Gasteiger partial charge in [-0.25, -0.2) is 0 Å². The van der Waals surface area contributed by atoms with Crippen molar-refractivity contribution < 1.29 is 33.8 Å². The molecule has 7 heteroatoms. The minimum Gasteiger partial charge on any atom is -0.457 e. The van der Waals surface area contributed by atoms with E-state index in [0.29, 0.717) is 19.3 Å². The fourth-order valence-electron chi connectivity index (χ4n) is 8.52. The number of allylic oxidation sites excluding steroid dienone is 4. The smallest absolute Gasteiger partial charge is 0.310 e. The van der Waals surface area contributed by atoms with Gasteiger partial charge in [-0.15, -0.1) is 0 Å². The zero-order valence-corrected chi connectivity index (χ0v) is 23.7. The Bertz CT molecular complexity index is 1250. The van der Waals surface area contributed by atoms with E-state index >= 15 is 0 Å². The summed E-state index contributed by atoms with van der Waals surface area (Å²) in [5, 5.41) is 11.7. The molecule has 1 N–H and O–H groups in total. The Labute approximate surface area is 236 Å². The number of carbonyl (C=O) groups excluding carboxylic acids is 4. The average Bonchev–Trinajstić information content (AvgIpc) is 3.20. The molecular weight excluding hydrogens is 508 g/mol. The van der Waals surface area contributed by atoms with Gasteiger partial charge >= 0.3 is 11.9 Å². The molecular formula is C33H40O7. The van der Waals surface area contributed by atoms with Crippen molar-refractivity contribution in [1.82, 2.24) is 0 Å². The third kappa shape index (κ3) is 4.66. The second-order valence-corrected chi connectivity index (χ2v) is 12.5. The van der Waals surface area contributed by atoms with Crippen molar-refractivity contribution in [3.8, 4) is 0 Å². The molecule has 3 saturated carbocycles. The molecule has 4 aliphatic carbocycles. The molecule has 0 amide bonds. The molecule has 7 nitrogen and oxygen atoms in total. The van der Waals surface area contributed by atoms with E-state index in [2.05, 4.69) is 6.92 Å². The van der Waals surface area contributed by atoms with E-state index in [4.69, 9.17) is 9.47 Å². The summed E-state index contributed by atoms with van der Waals surface area (Å²) in [6.45, 7) is 5.48. The van der Waals surface area contributed by atoms with Gasteiger partial charge in [-0.2, -0.15) is 0 Å². The summed E-state index contributed by atoms with van der Waals surface area (Å²) in [4.78, 5) is 51.7. The lowest BCUT2D eigenvalue weighted by Gasteiger charge is -2.59. The molecule has 0 unspecified atom stereocenters. The summed E-state index contributed by atoms with van der Waals surface area (Å²) in [5.74, 6) is -1.37. The van der Waals surface area contributed by atoms with Crippen LogP contribution >= 0.6 is 0 Å². The number of esters is 2. The standard InChI is InChI=1S/C33H40O7/c1-4-8-28(37)40-33(27(36)20-39-29(38)17-21-9-6-5-7-10-21)16-14-25-24-12-11-22-18-23(34)13-15-31(22,2)30(24)26(35)19-32(25,33)3/h5-7,9-10,13,15,18,24-26,30,35H,4,8,11-12,14,16-17,19-20H2,1-3H3/t24-,25-,26-,30+,31-,32-,33+/m0/s1. The lowest BCUT2D eigenvalue weighted by molar-refractivity contribution is -0.201. The van der Waals surface area contributed by atoms with Crippen LogP contribution < -0.4 is 0 Å². The lowest BCUT2D eigenvalue weighted by atomic mass is 9.46. The molecule has 1 aromatic rings. The van der Waals surface area contributed by atoms with Crippen LogP contribution in [0.25, 0.3) is 0 Å². The van der Waals surface area contributed by atoms with Gasteiger partial charge < -0.3 is 14.6 Å². The summed E-state index contributed by atoms with van der Waals surface area (Å²) in [6, 6.07) is 9.18. The largest absolute Gasteiger partial charge is 0.457 e. The van der Waals surface area contributed by atoms with E-state index in [1.54, 1.807) is 12.2 Å². The molecule has 0 radical (unpaired) electrons. The predicted octanol–water partition coefficient (Wildman–Crippen LogP) is 4.70. The van der Waals surface area contributed by atoms with Crippen LogP contribution in [0.15, 0.2) is 54.1 Å². The number of aliphatic hydroxyl groups excluding tert-OH is 1. The van der Waals surface area contributed by atoms with E-state index in [0.717, 1.165) is 24.0 Å². The number of carbonyl (C=O) groups is 4. The Balaban J connectivity index is 1.42. The van der Waals surface area contributed by atoms with Crippen molar-refractivity contribution in [2.24, 2.45) is 28.6 Å². The molecule has 1 aromatic carbocycles. The van der Waals surface area contributed by atoms with E-state index < -0.39 is 46.9 Å². The van der Waals surface area contributed by atoms with Crippen molar-refractivity contribution in [1.29, 1.82) is 0 Å². The number of hydrogen-bond acceptors (Lipinski definition) is 7. The number of fused-ring (bicyclic) bond motifs is 5. The number of aliphatic hydroxyl groups is 1. The lowest BCUT2D eigenvalue weighted by Crippen LogP contribution is -2.63. The molecule has 0 heterocycles. The number of hydrogen-bond donors (Lipinski definition) is 1. The normalized spacial score (nSPS) is 36.1. The summed E-state index contributed by atoms with van der Waals surface area (Å²) >= 11 is 0. The number of rotatable bonds is 8. The topological polar surface area (TPSA) is 107 Å². The molecule has 0 spiro atoms. The summed E-state index contributed by atoms with van der Waals surface area (Å²) in [7, 11) is 0. The first-order chi connectivity index (χ1) is 19.0. The van der Waals surface area contributed by atoms with E-state index in [9.17, 15) is 24.3 Å². The quantitative estimate of drug-likeness (QED) is 0.469. The minimum absolute atomic E-state index is 0.0174. The third-order valence-corrected chi connectivity index (χ3v) is 10.4. The van der Waals surface area contributed by atoms with E-state index in [-0.39, 0.29) is 42.8 Å². The SMILES string of the molecule is CCCC(=O)O[C@@]1(C(=O)COC(=O)Cc2ccccc2)CC[C@H]2[C@@H]3CCC4=CC(=O)C=C[C@]4(C)[C@H]3[C@@H](O)C[C@@]21C. The number of ketones is 2. The Hall–Kier alpha value is -3.06. The van der Waals surface area contributed by atoms with Crippen LogP contribution in [0.5, 0.6) is 0 Å². The van der Waals surface area contributed by atoms with Gasteiger partial charge in [0.25, 0.3) is 0 Å². The van der Waals surface area contributed by atoms with E-state index in [1.165, 1.54) is 0 Å². The van der Waals surface area contributed by atoms with Gasteiger partial charge in [0.1, 0.15) is 0 Å². The van der Waals surface area contributed by atoms with Gasteiger partial charge in [-0.3, -0.25) is 19.2 Å². The Morgan fingerprint density at radius 2 is 1.82 bits per heavy atom. The molecule has 0 aliphatic heterocycles. The van der Waals surface area contributed by atoms with Gasteiger partial charge in [-0.05, 0) is 68.1 Å². The molecule has 4 aliphatic rings. The van der Waals surface area contributed by atoms with Crippen LogP contribution in [0.3, 0.4) is 0 Å². The van der Waals surface area contributed by atoms with Crippen molar-refractivity contribution >= 4 is 23.5 Å². The van der Waals surface area contributed by atoms with Gasteiger partial charge in [-0.1, -0.05) is 62.8 Å². The molecule has 5 rings (SSSR count). The first-order valence-electron chi connectivity index (χ1n) is 14.6. The predicted molar refractivity (Wildman–Crippen MR) is 148 cm³/mol. The zero-order chi connectivity index (χ0) is 28.7. The summed E-state index contributed by atoms with van der Waals surface area (Å²) in [5.41, 5.74) is -0.872. The summed E-state index contributed by atoms with van der Waals surface area (Å²) in [6.07, 6.45) is 8.17. The number of Topliss-reactive ketones (excluding diaryl/α,β-unsaturated/α-hetero) is 1. The molecule has 0 saturated heterocycles. The molecule has 0 bridgehead atoms. The minimum atomic E-state index is -1.47. The second-order valence-electron chi connectivity index (χ2n) is 12.5. The highest BCUT2D eigenvalue weighted by Gasteiger charge is 2.70.